The molecule has 0 aliphatic heterocycles. The lowest BCUT2D eigenvalue weighted by Gasteiger charge is -2.07. The highest BCUT2D eigenvalue weighted by molar-refractivity contribution is 5.97. The van der Waals surface area contributed by atoms with E-state index >= 15 is 0 Å². The molecular weight excluding hydrogens is 254 g/mol. The fourth-order valence-corrected chi connectivity index (χ4v) is 1.55. The summed E-state index contributed by atoms with van der Waals surface area (Å²) in [6.45, 7) is 3.64. The first-order valence-electron chi connectivity index (χ1n) is 5.60. The van der Waals surface area contributed by atoms with Crippen molar-refractivity contribution < 1.29 is 14.6 Å². The maximum absolute atomic E-state index is 11.8. The molecule has 19 heavy (non-hydrogen) atoms. The van der Waals surface area contributed by atoms with Crippen molar-refractivity contribution in [1.29, 1.82) is 0 Å². The maximum Gasteiger partial charge on any atom is 0.279 e. The van der Waals surface area contributed by atoms with E-state index in [-0.39, 0.29) is 11.1 Å². The summed E-state index contributed by atoms with van der Waals surface area (Å²) in [5.41, 5.74) is -0.839. The number of amides is 1. The predicted octanol–water partition coefficient (Wildman–Crippen LogP) is 1.95. The molecule has 0 saturated heterocycles. The zero-order valence-corrected chi connectivity index (χ0v) is 10.5. The Balaban J connectivity index is 3.33. The lowest BCUT2D eigenvalue weighted by Crippen LogP contribution is -2.25. The van der Waals surface area contributed by atoms with Crippen molar-refractivity contribution >= 4 is 17.3 Å². The highest BCUT2D eigenvalue weighted by Gasteiger charge is 2.24. The molecule has 0 spiro atoms. The second-order valence-electron chi connectivity index (χ2n) is 3.91. The van der Waals surface area contributed by atoms with Crippen LogP contribution in [0, 0.1) is 27.2 Å². The number of hydrogen-bond acceptors (Lipinski definition) is 5. The van der Waals surface area contributed by atoms with Crippen molar-refractivity contribution in [2.75, 3.05) is 6.54 Å². The minimum absolute atomic E-state index is 0.0469. The number of nitro groups is 2. The second kappa shape index (κ2) is 5.89. The molecule has 0 atom stereocenters. The first kappa shape index (κ1) is 14.6. The molecule has 0 aromatic heterocycles. The van der Waals surface area contributed by atoms with Crippen LogP contribution in [0.4, 0.5) is 11.4 Å². The number of hydrogen-bond donors (Lipinski definition) is 1. The van der Waals surface area contributed by atoms with Gasteiger partial charge in [0.1, 0.15) is 0 Å². The van der Waals surface area contributed by atoms with Crippen LogP contribution in [-0.2, 0) is 0 Å². The molecule has 0 unspecified atom stereocenters. The molecule has 0 saturated carbocycles. The quantitative estimate of drug-likeness (QED) is 0.646. The van der Waals surface area contributed by atoms with E-state index in [1.807, 2.05) is 6.92 Å². The molecule has 8 heteroatoms. The van der Waals surface area contributed by atoms with Crippen LogP contribution >= 0.6 is 0 Å². The third-order valence-corrected chi connectivity index (χ3v) is 2.55. The molecule has 0 radical (unpaired) electrons. The van der Waals surface area contributed by atoms with Crippen LogP contribution in [0.5, 0.6) is 0 Å². The normalized spacial score (nSPS) is 10.0. The summed E-state index contributed by atoms with van der Waals surface area (Å²) in [5.74, 6) is -0.550. The van der Waals surface area contributed by atoms with Gasteiger partial charge in [0.05, 0.1) is 21.5 Å². The molecule has 1 aromatic carbocycles. The van der Waals surface area contributed by atoms with Crippen molar-refractivity contribution in [3.63, 3.8) is 0 Å². The number of non-ortho nitro benzene ring substituents is 1. The van der Waals surface area contributed by atoms with E-state index in [9.17, 15) is 25.0 Å². The Labute approximate surface area is 108 Å². The van der Waals surface area contributed by atoms with E-state index < -0.39 is 27.1 Å². The van der Waals surface area contributed by atoms with E-state index in [2.05, 4.69) is 5.32 Å². The molecular formula is C11H13N3O5. The first-order chi connectivity index (χ1) is 8.88. The average Bonchev–Trinajstić information content (AvgIpc) is 2.35. The summed E-state index contributed by atoms with van der Waals surface area (Å²) in [4.78, 5) is 31.9. The summed E-state index contributed by atoms with van der Waals surface area (Å²) in [6, 6.07) is 1.90. The molecule has 0 fully saturated rings. The molecule has 1 rings (SSSR count). The predicted molar refractivity (Wildman–Crippen MR) is 67.1 cm³/mol. The third-order valence-electron chi connectivity index (χ3n) is 2.55. The van der Waals surface area contributed by atoms with Gasteiger partial charge < -0.3 is 5.32 Å². The number of rotatable bonds is 5. The topological polar surface area (TPSA) is 115 Å². The van der Waals surface area contributed by atoms with Gasteiger partial charge in [-0.2, -0.15) is 0 Å². The fraction of sp³-hybridized carbons (Fsp3) is 0.364. The summed E-state index contributed by atoms with van der Waals surface area (Å²) in [7, 11) is 0. The number of carbonyl (C=O) groups excluding carboxylic acids is 1. The van der Waals surface area contributed by atoms with Crippen LogP contribution in [0.15, 0.2) is 12.1 Å². The Hall–Kier alpha value is -2.51. The molecule has 1 N–H and O–H groups in total. The third kappa shape index (κ3) is 3.24. The van der Waals surface area contributed by atoms with Crippen molar-refractivity contribution in [3.8, 4) is 0 Å². The Morgan fingerprint density at radius 2 is 1.89 bits per heavy atom. The van der Waals surface area contributed by atoms with E-state index in [0.717, 1.165) is 12.1 Å². The first-order valence-corrected chi connectivity index (χ1v) is 5.60. The van der Waals surface area contributed by atoms with Crippen molar-refractivity contribution in [2.24, 2.45) is 0 Å². The number of carbonyl (C=O) groups is 1. The summed E-state index contributed by atoms with van der Waals surface area (Å²) >= 11 is 0. The monoisotopic (exact) mass is 267 g/mol. The van der Waals surface area contributed by atoms with Gasteiger partial charge in [-0.15, -0.1) is 0 Å². The lowest BCUT2D eigenvalue weighted by molar-refractivity contribution is -0.394. The van der Waals surface area contributed by atoms with Gasteiger partial charge in [-0.05, 0) is 13.3 Å². The Morgan fingerprint density at radius 3 is 2.37 bits per heavy atom. The van der Waals surface area contributed by atoms with Crippen LogP contribution in [0.1, 0.15) is 29.3 Å². The van der Waals surface area contributed by atoms with Gasteiger partial charge >= 0.3 is 0 Å². The van der Waals surface area contributed by atoms with Gasteiger partial charge in [0.2, 0.25) is 0 Å². The summed E-state index contributed by atoms with van der Waals surface area (Å²) in [5, 5.41) is 24.1. The second-order valence-corrected chi connectivity index (χ2v) is 3.91. The number of nitrogens with zero attached hydrogens (tertiary/aromatic N) is 2. The van der Waals surface area contributed by atoms with Crippen LogP contribution in [0.2, 0.25) is 0 Å². The minimum atomic E-state index is -0.761. The zero-order valence-electron chi connectivity index (χ0n) is 10.5. The van der Waals surface area contributed by atoms with E-state index in [1.165, 1.54) is 6.92 Å². The van der Waals surface area contributed by atoms with Gasteiger partial charge in [0, 0.05) is 18.2 Å². The van der Waals surface area contributed by atoms with Gasteiger partial charge in [-0.1, -0.05) is 6.92 Å². The largest absolute Gasteiger partial charge is 0.352 e. The van der Waals surface area contributed by atoms with Crippen molar-refractivity contribution in [3.05, 3.63) is 43.5 Å². The number of benzene rings is 1. The van der Waals surface area contributed by atoms with E-state index in [0.29, 0.717) is 13.0 Å². The molecule has 1 aromatic rings. The minimum Gasteiger partial charge on any atom is -0.352 e. The van der Waals surface area contributed by atoms with Gasteiger partial charge in [0.15, 0.2) is 0 Å². The van der Waals surface area contributed by atoms with Crippen LogP contribution in [-0.4, -0.2) is 22.3 Å². The lowest BCUT2D eigenvalue weighted by atomic mass is 10.0. The molecule has 102 valence electrons. The summed E-state index contributed by atoms with van der Waals surface area (Å²) < 4.78 is 0. The average molecular weight is 267 g/mol. The number of nitro benzene ring substituents is 2. The number of nitrogens with one attached hydrogen (secondary N) is 1. The van der Waals surface area contributed by atoms with Crippen molar-refractivity contribution in [2.45, 2.75) is 20.3 Å². The van der Waals surface area contributed by atoms with Crippen molar-refractivity contribution in [1.82, 2.24) is 5.32 Å². The Kier molecular flexibility index (Phi) is 4.51. The van der Waals surface area contributed by atoms with Gasteiger partial charge in [-0.25, -0.2) is 0 Å². The SMILES string of the molecule is CCCNC(=O)c1cc([N+](=O)[O-])cc([N+](=O)[O-])c1C. The molecule has 0 aliphatic rings. The molecule has 0 bridgehead atoms. The molecule has 1 amide bonds. The van der Waals surface area contributed by atoms with Crippen LogP contribution < -0.4 is 5.32 Å². The smallest absolute Gasteiger partial charge is 0.279 e. The van der Waals surface area contributed by atoms with E-state index in [4.69, 9.17) is 0 Å². The fourth-order valence-electron chi connectivity index (χ4n) is 1.55. The maximum atomic E-state index is 11.8. The molecule has 0 heterocycles. The summed E-state index contributed by atoms with van der Waals surface area (Å²) in [6.07, 6.45) is 0.696. The van der Waals surface area contributed by atoms with Crippen LogP contribution in [0.3, 0.4) is 0 Å². The van der Waals surface area contributed by atoms with Crippen LogP contribution in [0.25, 0.3) is 0 Å². The highest BCUT2D eigenvalue weighted by atomic mass is 16.6. The van der Waals surface area contributed by atoms with Gasteiger partial charge in [0.25, 0.3) is 17.3 Å². The molecule has 0 aliphatic carbocycles. The zero-order chi connectivity index (χ0) is 14.6. The Bertz CT molecular complexity index is 541. The van der Waals surface area contributed by atoms with E-state index in [1.54, 1.807) is 0 Å². The van der Waals surface area contributed by atoms with Gasteiger partial charge in [-0.3, -0.25) is 25.0 Å². The standard InChI is InChI=1S/C11H13N3O5/c1-3-4-12-11(15)9-5-8(13(16)17)6-10(7(9)2)14(18)19/h5-6H,3-4H2,1-2H3,(H,12,15). The Morgan fingerprint density at radius 1 is 1.26 bits per heavy atom. The highest BCUT2D eigenvalue weighted by Crippen LogP contribution is 2.27. The molecule has 8 nitrogen and oxygen atoms in total.